The topological polar surface area (TPSA) is 55.1 Å². The van der Waals surface area contributed by atoms with E-state index in [0.717, 1.165) is 35.7 Å². The molecule has 0 atom stereocenters. The van der Waals surface area contributed by atoms with E-state index in [9.17, 15) is 0 Å². The van der Waals surface area contributed by atoms with Gasteiger partial charge >= 0.3 is 0 Å². The molecule has 1 saturated heterocycles. The van der Waals surface area contributed by atoms with Crippen LogP contribution in [0.5, 0.6) is 0 Å². The number of oxazole rings is 1. The molecule has 0 radical (unpaired) electrons. The predicted octanol–water partition coefficient (Wildman–Crippen LogP) is 3.39. The molecule has 0 unspecified atom stereocenters. The highest BCUT2D eigenvalue weighted by Crippen LogP contribution is 2.18. The molecular formula is C17H16N4O. The van der Waals surface area contributed by atoms with E-state index in [0.29, 0.717) is 5.89 Å². The van der Waals surface area contributed by atoms with E-state index in [1.165, 1.54) is 12.8 Å². The second kappa shape index (κ2) is 5.60. The highest BCUT2D eigenvalue weighted by atomic mass is 16.3. The number of nitrogens with zero attached hydrogens (tertiary/aromatic N) is 4. The SMILES string of the molecule is C(=Cc1nc2ccccc2o1)c1cnc(N2CCCC2)nc1. The molecule has 1 aliphatic rings. The Morgan fingerprint density at radius 2 is 1.77 bits per heavy atom. The number of benzene rings is 1. The maximum Gasteiger partial charge on any atom is 0.225 e. The Morgan fingerprint density at radius 1 is 1.00 bits per heavy atom. The molecule has 0 bridgehead atoms. The van der Waals surface area contributed by atoms with Crippen molar-refractivity contribution in [3.05, 3.63) is 48.1 Å². The predicted molar refractivity (Wildman–Crippen MR) is 86.4 cm³/mol. The molecule has 0 aliphatic carbocycles. The lowest BCUT2D eigenvalue weighted by Gasteiger charge is -2.14. The molecule has 3 aromatic rings. The van der Waals surface area contributed by atoms with E-state index in [-0.39, 0.29) is 0 Å². The lowest BCUT2D eigenvalue weighted by molar-refractivity contribution is 0.589. The highest BCUT2D eigenvalue weighted by Gasteiger charge is 2.14. The zero-order chi connectivity index (χ0) is 14.8. The van der Waals surface area contributed by atoms with Crippen LogP contribution in [0.25, 0.3) is 23.3 Å². The summed E-state index contributed by atoms with van der Waals surface area (Å²) < 4.78 is 5.65. The molecule has 0 spiro atoms. The number of fused-ring (bicyclic) bond motifs is 1. The Labute approximate surface area is 128 Å². The standard InChI is InChI=1S/C17H16N4O/c1-2-6-15-14(5-1)20-16(22-15)8-7-13-11-18-17(19-12-13)21-9-3-4-10-21/h1-2,5-8,11-12H,3-4,9-10H2. The van der Waals surface area contributed by atoms with Gasteiger partial charge in [-0.15, -0.1) is 0 Å². The Kier molecular flexibility index (Phi) is 3.31. The second-order valence-electron chi connectivity index (χ2n) is 5.36. The zero-order valence-electron chi connectivity index (χ0n) is 12.1. The van der Waals surface area contributed by atoms with Crippen LogP contribution in [0.4, 0.5) is 5.95 Å². The molecule has 1 aliphatic heterocycles. The Bertz CT molecular complexity index is 768. The van der Waals surface area contributed by atoms with Crippen molar-refractivity contribution in [3.8, 4) is 0 Å². The third kappa shape index (κ3) is 2.57. The van der Waals surface area contributed by atoms with Crippen molar-refractivity contribution in [1.29, 1.82) is 0 Å². The maximum atomic E-state index is 5.65. The van der Waals surface area contributed by atoms with E-state index >= 15 is 0 Å². The van der Waals surface area contributed by atoms with E-state index < -0.39 is 0 Å². The molecule has 2 aromatic heterocycles. The quantitative estimate of drug-likeness (QED) is 0.740. The lowest BCUT2D eigenvalue weighted by Crippen LogP contribution is -2.20. The number of para-hydroxylation sites is 2. The van der Waals surface area contributed by atoms with Crippen molar-refractivity contribution in [1.82, 2.24) is 15.0 Å². The van der Waals surface area contributed by atoms with Crippen molar-refractivity contribution in [2.45, 2.75) is 12.8 Å². The fraction of sp³-hybridized carbons (Fsp3) is 0.235. The van der Waals surface area contributed by atoms with Crippen molar-refractivity contribution >= 4 is 29.2 Å². The zero-order valence-corrected chi connectivity index (χ0v) is 12.1. The van der Waals surface area contributed by atoms with Gasteiger partial charge in [0.1, 0.15) is 5.52 Å². The Morgan fingerprint density at radius 3 is 2.55 bits per heavy atom. The van der Waals surface area contributed by atoms with Gasteiger partial charge in [-0.3, -0.25) is 0 Å². The van der Waals surface area contributed by atoms with Crippen LogP contribution in [0.2, 0.25) is 0 Å². The van der Waals surface area contributed by atoms with Gasteiger partial charge in [0.15, 0.2) is 5.58 Å². The van der Waals surface area contributed by atoms with Crippen molar-refractivity contribution in [2.75, 3.05) is 18.0 Å². The number of rotatable bonds is 3. The summed E-state index contributed by atoms with van der Waals surface area (Å²) in [5.41, 5.74) is 2.59. The van der Waals surface area contributed by atoms with Crippen LogP contribution in [-0.4, -0.2) is 28.0 Å². The van der Waals surface area contributed by atoms with Crippen LogP contribution in [0.3, 0.4) is 0 Å². The monoisotopic (exact) mass is 292 g/mol. The molecule has 5 heteroatoms. The molecule has 0 amide bonds. The van der Waals surface area contributed by atoms with Gasteiger partial charge in [-0.1, -0.05) is 12.1 Å². The van der Waals surface area contributed by atoms with Crippen LogP contribution in [0, 0.1) is 0 Å². The summed E-state index contributed by atoms with van der Waals surface area (Å²) in [5, 5.41) is 0. The molecule has 0 saturated carbocycles. The fourth-order valence-electron chi connectivity index (χ4n) is 2.63. The third-order valence-corrected chi connectivity index (χ3v) is 3.78. The first kappa shape index (κ1) is 13.0. The van der Waals surface area contributed by atoms with Crippen molar-refractivity contribution in [3.63, 3.8) is 0 Å². The highest BCUT2D eigenvalue weighted by molar-refractivity contribution is 5.75. The van der Waals surface area contributed by atoms with Gasteiger partial charge in [-0.25, -0.2) is 15.0 Å². The molecule has 3 heterocycles. The number of anilines is 1. The summed E-state index contributed by atoms with van der Waals surface area (Å²) in [6.45, 7) is 2.11. The molecule has 0 N–H and O–H groups in total. The smallest absolute Gasteiger partial charge is 0.225 e. The molecule has 22 heavy (non-hydrogen) atoms. The first-order valence-corrected chi connectivity index (χ1v) is 7.49. The first-order chi connectivity index (χ1) is 10.9. The number of hydrogen-bond acceptors (Lipinski definition) is 5. The van der Waals surface area contributed by atoms with Crippen molar-refractivity contribution in [2.24, 2.45) is 0 Å². The Balaban J connectivity index is 1.52. The second-order valence-corrected chi connectivity index (χ2v) is 5.36. The maximum absolute atomic E-state index is 5.65. The number of aromatic nitrogens is 3. The normalized spacial score (nSPS) is 15.2. The van der Waals surface area contributed by atoms with Gasteiger partial charge in [0, 0.05) is 37.1 Å². The molecule has 4 rings (SSSR count). The lowest BCUT2D eigenvalue weighted by atomic mass is 10.3. The van der Waals surface area contributed by atoms with E-state index in [1.54, 1.807) is 0 Å². The van der Waals surface area contributed by atoms with Gasteiger partial charge in [0.2, 0.25) is 11.8 Å². The van der Waals surface area contributed by atoms with Crippen molar-refractivity contribution < 1.29 is 4.42 Å². The van der Waals surface area contributed by atoms with Gasteiger partial charge in [0.05, 0.1) is 0 Å². The molecular weight excluding hydrogens is 276 g/mol. The average Bonchev–Trinajstić information content (AvgIpc) is 3.22. The van der Waals surface area contributed by atoms with E-state index in [2.05, 4.69) is 19.9 Å². The molecule has 5 nitrogen and oxygen atoms in total. The Hall–Kier alpha value is -2.69. The summed E-state index contributed by atoms with van der Waals surface area (Å²) >= 11 is 0. The van der Waals surface area contributed by atoms with E-state index in [4.69, 9.17) is 4.42 Å². The largest absolute Gasteiger partial charge is 0.437 e. The first-order valence-electron chi connectivity index (χ1n) is 7.49. The van der Waals surface area contributed by atoms with Crippen LogP contribution >= 0.6 is 0 Å². The third-order valence-electron chi connectivity index (χ3n) is 3.78. The molecule has 1 fully saturated rings. The molecule has 1 aromatic carbocycles. The van der Waals surface area contributed by atoms with Crippen LogP contribution in [-0.2, 0) is 0 Å². The summed E-state index contributed by atoms with van der Waals surface area (Å²) in [6.07, 6.45) is 9.87. The minimum atomic E-state index is 0.588. The van der Waals surface area contributed by atoms with Gasteiger partial charge in [0.25, 0.3) is 0 Å². The van der Waals surface area contributed by atoms with Crippen LogP contribution in [0.15, 0.2) is 41.1 Å². The van der Waals surface area contributed by atoms with Gasteiger partial charge in [-0.2, -0.15) is 0 Å². The summed E-state index contributed by atoms with van der Waals surface area (Å²) in [4.78, 5) is 15.5. The number of hydrogen-bond donors (Lipinski definition) is 0. The molecule has 110 valence electrons. The summed E-state index contributed by atoms with van der Waals surface area (Å²) in [7, 11) is 0. The average molecular weight is 292 g/mol. The fourth-order valence-corrected chi connectivity index (χ4v) is 2.63. The van der Waals surface area contributed by atoms with Gasteiger partial charge < -0.3 is 9.32 Å². The minimum Gasteiger partial charge on any atom is -0.437 e. The minimum absolute atomic E-state index is 0.588. The summed E-state index contributed by atoms with van der Waals surface area (Å²) in [6, 6.07) is 7.73. The van der Waals surface area contributed by atoms with Crippen LogP contribution < -0.4 is 4.90 Å². The van der Waals surface area contributed by atoms with Crippen LogP contribution in [0.1, 0.15) is 24.3 Å². The summed E-state index contributed by atoms with van der Waals surface area (Å²) in [5.74, 6) is 1.40. The van der Waals surface area contributed by atoms with E-state index in [1.807, 2.05) is 48.8 Å². The van der Waals surface area contributed by atoms with Gasteiger partial charge in [-0.05, 0) is 31.1 Å².